The van der Waals surface area contributed by atoms with Gasteiger partial charge in [0.2, 0.25) is 0 Å². The van der Waals surface area contributed by atoms with E-state index in [1.165, 1.54) is 4.90 Å². The Hall–Kier alpha value is -4.09. The van der Waals surface area contributed by atoms with Crippen LogP contribution < -0.4 is 15.8 Å². The predicted molar refractivity (Wildman–Crippen MR) is 145 cm³/mol. The van der Waals surface area contributed by atoms with E-state index in [0.29, 0.717) is 34.4 Å². The van der Waals surface area contributed by atoms with Gasteiger partial charge in [-0.3, -0.25) is 4.79 Å². The predicted octanol–water partition coefficient (Wildman–Crippen LogP) is 4.22. The Kier molecular flexibility index (Phi) is 9.05. The zero-order chi connectivity index (χ0) is 27.9. The van der Waals surface area contributed by atoms with Crippen LogP contribution in [0.1, 0.15) is 40.1 Å². The van der Waals surface area contributed by atoms with E-state index < -0.39 is 12.0 Å². The molecule has 1 aliphatic rings. The van der Waals surface area contributed by atoms with E-state index in [1.807, 2.05) is 6.07 Å². The number of aliphatic imine (C=N–C) groups is 1. The van der Waals surface area contributed by atoms with Crippen LogP contribution >= 0.6 is 11.6 Å². The van der Waals surface area contributed by atoms with Crippen LogP contribution in [0, 0.1) is 6.92 Å². The largest absolute Gasteiger partial charge is 0.497 e. The standard InChI is InChI=1S/C27H30ClN5O6/c1-16-23(24(32-39-16)19-5-7-21(37-2)8-6-19)25(34)31-26(29)30-13-17-10-18(12-20(28)11-17)14-33(27(35)36)15-22-4-3-9-38-22/h5-8,10-12,22H,3-4,9,13-15H2,1-2H3,(H,35,36)(H3,29,30,31,34). The van der Waals surface area contributed by atoms with Crippen LogP contribution in [0.2, 0.25) is 5.02 Å². The van der Waals surface area contributed by atoms with Crippen molar-refractivity contribution in [3.63, 3.8) is 0 Å². The van der Waals surface area contributed by atoms with Crippen molar-refractivity contribution < 1.29 is 28.7 Å². The minimum atomic E-state index is -1.03. The van der Waals surface area contributed by atoms with Gasteiger partial charge in [-0.1, -0.05) is 22.8 Å². The van der Waals surface area contributed by atoms with E-state index in [0.717, 1.165) is 24.0 Å². The smallest absolute Gasteiger partial charge is 0.407 e. The summed E-state index contributed by atoms with van der Waals surface area (Å²) in [6.07, 6.45) is 0.630. The molecule has 1 unspecified atom stereocenters. The first-order valence-corrected chi connectivity index (χ1v) is 12.7. The highest BCUT2D eigenvalue weighted by molar-refractivity contribution is 6.30. The third-order valence-corrected chi connectivity index (χ3v) is 6.46. The molecule has 0 saturated carbocycles. The third kappa shape index (κ3) is 7.27. The number of nitrogens with zero attached hydrogens (tertiary/aromatic N) is 3. The topological polar surface area (TPSA) is 153 Å². The van der Waals surface area contributed by atoms with Crippen molar-refractivity contribution >= 4 is 29.6 Å². The number of nitrogens with one attached hydrogen (secondary N) is 1. The molecule has 2 heterocycles. The first-order chi connectivity index (χ1) is 18.7. The first-order valence-electron chi connectivity index (χ1n) is 12.3. The second-order valence-electron chi connectivity index (χ2n) is 9.11. The molecular formula is C27H30ClN5O6. The number of aryl methyl sites for hydroxylation is 1. The highest BCUT2D eigenvalue weighted by Gasteiger charge is 2.23. The summed E-state index contributed by atoms with van der Waals surface area (Å²) in [5.74, 6) is 0.268. The van der Waals surface area contributed by atoms with Gasteiger partial charge in [0, 0.05) is 30.3 Å². The number of aromatic nitrogens is 1. The lowest BCUT2D eigenvalue weighted by atomic mass is 10.1. The molecule has 206 valence electrons. The lowest BCUT2D eigenvalue weighted by Gasteiger charge is -2.23. The Morgan fingerprint density at radius 1 is 1.26 bits per heavy atom. The van der Waals surface area contributed by atoms with E-state index in [1.54, 1.807) is 50.4 Å². The Balaban J connectivity index is 1.43. The van der Waals surface area contributed by atoms with E-state index in [4.69, 9.17) is 31.3 Å². The molecule has 1 saturated heterocycles. The maximum absolute atomic E-state index is 13.0. The molecule has 2 amide bonds. The van der Waals surface area contributed by atoms with Crippen LogP contribution in [0.5, 0.6) is 5.75 Å². The molecule has 12 heteroatoms. The van der Waals surface area contributed by atoms with Gasteiger partial charge in [-0.15, -0.1) is 0 Å². The zero-order valence-corrected chi connectivity index (χ0v) is 22.4. The molecule has 0 radical (unpaired) electrons. The van der Waals surface area contributed by atoms with E-state index in [9.17, 15) is 14.7 Å². The molecule has 2 aromatic carbocycles. The van der Waals surface area contributed by atoms with Crippen LogP contribution in [0.3, 0.4) is 0 Å². The summed E-state index contributed by atoms with van der Waals surface area (Å²) in [6.45, 7) is 2.93. The molecule has 39 heavy (non-hydrogen) atoms. The molecule has 11 nitrogen and oxygen atoms in total. The van der Waals surface area contributed by atoms with Gasteiger partial charge in [0.1, 0.15) is 22.8 Å². The van der Waals surface area contributed by atoms with Crippen molar-refractivity contribution in [3.05, 3.63) is 69.9 Å². The quantitative estimate of drug-likeness (QED) is 0.260. The average Bonchev–Trinajstić information content (AvgIpc) is 3.56. The SMILES string of the molecule is COc1ccc(-c2noc(C)c2C(=O)N=C(N)NCc2cc(Cl)cc(CN(CC3CCCO3)C(=O)O)c2)cc1. The number of carbonyl (C=O) groups excluding carboxylic acids is 1. The number of benzene rings is 2. The maximum Gasteiger partial charge on any atom is 0.407 e. The molecule has 0 spiro atoms. The Labute approximate surface area is 230 Å². The van der Waals surface area contributed by atoms with Crippen molar-refractivity contribution in [2.24, 2.45) is 10.7 Å². The van der Waals surface area contributed by atoms with Crippen LogP contribution in [0.15, 0.2) is 52.0 Å². The molecule has 1 fully saturated rings. The molecule has 1 atom stereocenters. The summed E-state index contributed by atoms with van der Waals surface area (Å²) in [7, 11) is 1.57. The van der Waals surface area contributed by atoms with Crippen molar-refractivity contribution in [2.75, 3.05) is 20.3 Å². The monoisotopic (exact) mass is 555 g/mol. The number of halogens is 1. The van der Waals surface area contributed by atoms with Crippen molar-refractivity contribution in [1.29, 1.82) is 0 Å². The highest BCUT2D eigenvalue weighted by Crippen LogP contribution is 2.27. The van der Waals surface area contributed by atoms with E-state index in [2.05, 4.69) is 15.5 Å². The number of hydrogen-bond donors (Lipinski definition) is 3. The van der Waals surface area contributed by atoms with Gasteiger partial charge in [-0.2, -0.15) is 4.99 Å². The molecule has 0 bridgehead atoms. The summed E-state index contributed by atoms with van der Waals surface area (Å²) in [5.41, 5.74) is 8.69. The minimum Gasteiger partial charge on any atom is -0.497 e. The third-order valence-electron chi connectivity index (χ3n) is 6.25. The second-order valence-corrected chi connectivity index (χ2v) is 9.55. The molecule has 0 aliphatic carbocycles. The number of methoxy groups -OCH3 is 1. The molecule has 1 aliphatic heterocycles. The first kappa shape index (κ1) is 27.9. The highest BCUT2D eigenvalue weighted by atomic mass is 35.5. The zero-order valence-electron chi connectivity index (χ0n) is 21.6. The number of hydrogen-bond acceptors (Lipinski definition) is 6. The van der Waals surface area contributed by atoms with E-state index >= 15 is 0 Å². The number of ether oxygens (including phenoxy) is 2. The van der Waals surface area contributed by atoms with Gasteiger partial charge < -0.3 is 35.1 Å². The normalized spacial score (nSPS) is 15.3. The van der Waals surface area contributed by atoms with E-state index in [-0.39, 0.29) is 37.3 Å². The van der Waals surface area contributed by atoms with Gasteiger partial charge in [-0.25, -0.2) is 4.79 Å². The molecule has 4 rings (SSSR count). The number of carboxylic acid groups (broad SMARTS) is 1. The molecule has 1 aromatic heterocycles. The lowest BCUT2D eigenvalue weighted by Crippen LogP contribution is -2.36. The van der Waals surface area contributed by atoms with Gasteiger partial charge in [0.05, 0.1) is 19.8 Å². The van der Waals surface area contributed by atoms with Crippen LogP contribution in [-0.2, 0) is 17.8 Å². The summed E-state index contributed by atoms with van der Waals surface area (Å²) in [4.78, 5) is 30.1. The maximum atomic E-state index is 13.0. The fourth-order valence-corrected chi connectivity index (χ4v) is 4.62. The average molecular weight is 556 g/mol. The van der Waals surface area contributed by atoms with Crippen LogP contribution in [0.4, 0.5) is 4.79 Å². The Morgan fingerprint density at radius 3 is 2.67 bits per heavy atom. The van der Waals surface area contributed by atoms with Crippen molar-refractivity contribution in [3.8, 4) is 17.0 Å². The number of amides is 2. The lowest BCUT2D eigenvalue weighted by molar-refractivity contribution is 0.0671. The number of nitrogens with two attached hydrogens (primary N) is 1. The second kappa shape index (κ2) is 12.6. The number of rotatable bonds is 9. The van der Waals surface area contributed by atoms with Gasteiger partial charge in [-0.05, 0) is 67.3 Å². The van der Waals surface area contributed by atoms with Gasteiger partial charge in [0.15, 0.2) is 5.96 Å². The summed E-state index contributed by atoms with van der Waals surface area (Å²) in [5, 5.41) is 17.0. The molecular weight excluding hydrogens is 526 g/mol. The summed E-state index contributed by atoms with van der Waals surface area (Å²) >= 11 is 6.30. The number of carbonyl (C=O) groups is 2. The molecule has 4 N–H and O–H groups in total. The molecule has 3 aromatic rings. The van der Waals surface area contributed by atoms with Gasteiger partial charge >= 0.3 is 6.09 Å². The van der Waals surface area contributed by atoms with Crippen molar-refractivity contribution in [1.82, 2.24) is 15.4 Å². The summed E-state index contributed by atoms with van der Waals surface area (Å²) in [6, 6.07) is 12.3. The number of guanidine groups is 1. The fourth-order valence-electron chi connectivity index (χ4n) is 4.34. The minimum absolute atomic E-state index is 0.103. The van der Waals surface area contributed by atoms with Crippen LogP contribution in [0.25, 0.3) is 11.3 Å². The Morgan fingerprint density at radius 2 is 2.00 bits per heavy atom. The van der Waals surface area contributed by atoms with Crippen molar-refractivity contribution in [2.45, 2.75) is 39.0 Å². The van der Waals surface area contributed by atoms with Gasteiger partial charge in [0.25, 0.3) is 5.91 Å². The Bertz CT molecular complexity index is 1350. The van der Waals surface area contributed by atoms with Crippen LogP contribution in [-0.4, -0.2) is 59.5 Å². The fraction of sp³-hybridized carbons (Fsp3) is 0.333. The summed E-state index contributed by atoms with van der Waals surface area (Å²) < 4.78 is 16.0.